The lowest BCUT2D eigenvalue weighted by molar-refractivity contribution is 0.264. The molecule has 1 fully saturated rings. The van der Waals surface area contributed by atoms with Crippen LogP contribution in [0.2, 0.25) is 0 Å². The van der Waals surface area contributed by atoms with Gasteiger partial charge in [-0.3, -0.25) is 0 Å². The van der Waals surface area contributed by atoms with Gasteiger partial charge in [-0.1, -0.05) is 6.07 Å². The van der Waals surface area contributed by atoms with Gasteiger partial charge in [-0.05, 0) is 12.1 Å². The Morgan fingerprint density at radius 3 is 2.73 bits per heavy atom. The zero-order valence-electron chi connectivity index (χ0n) is 12.0. The van der Waals surface area contributed by atoms with Gasteiger partial charge in [0.25, 0.3) is 0 Å². The Labute approximate surface area is 128 Å². The van der Waals surface area contributed by atoms with E-state index in [-0.39, 0.29) is 5.92 Å². The first-order valence-electron chi connectivity index (χ1n) is 6.97. The van der Waals surface area contributed by atoms with E-state index in [2.05, 4.69) is 4.98 Å². The third-order valence-electron chi connectivity index (χ3n) is 4.12. The first kappa shape index (κ1) is 13.5. The van der Waals surface area contributed by atoms with Crippen LogP contribution >= 0.6 is 0 Å². The fraction of sp³-hybridized carbons (Fsp3) is 0.267. The average Bonchev–Trinajstić information content (AvgIpc) is 3.04. The van der Waals surface area contributed by atoms with Crippen molar-refractivity contribution in [1.82, 2.24) is 13.7 Å². The van der Waals surface area contributed by atoms with E-state index in [9.17, 15) is 8.42 Å². The van der Waals surface area contributed by atoms with Crippen LogP contribution in [0.25, 0.3) is 16.6 Å². The second kappa shape index (κ2) is 4.69. The van der Waals surface area contributed by atoms with Crippen LogP contribution in [0.4, 0.5) is 0 Å². The van der Waals surface area contributed by atoms with Crippen molar-refractivity contribution in [3.8, 4) is 11.1 Å². The monoisotopic (exact) mass is 317 g/mol. The summed E-state index contributed by atoms with van der Waals surface area (Å²) in [6, 6.07) is 5.96. The molecule has 1 saturated heterocycles. The Bertz CT molecular complexity index is 922. The van der Waals surface area contributed by atoms with Gasteiger partial charge in [0.05, 0.1) is 36.3 Å². The molecule has 4 rings (SSSR count). The normalized spacial score (nSPS) is 17.0. The van der Waals surface area contributed by atoms with E-state index < -0.39 is 10.0 Å². The molecule has 3 aromatic heterocycles. The Hall–Kier alpha value is -2.12. The van der Waals surface area contributed by atoms with E-state index in [1.54, 1.807) is 18.9 Å². The van der Waals surface area contributed by atoms with Crippen LogP contribution in [-0.4, -0.2) is 41.5 Å². The summed E-state index contributed by atoms with van der Waals surface area (Å²) in [7, 11) is -3.09. The summed E-state index contributed by atoms with van der Waals surface area (Å²) in [5, 5.41) is 0. The summed E-state index contributed by atoms with van der Waals surface area (Å²) in [4.78, 5) is 4.47. The lowest BCUT2D eigenvalue weighted by Gasteiger charge is -2.36. The summed E-state index contributed by atoms with van der Waals surface area (Å²) in [6.07, 6.45) is 8.37. The van der Waals surface area contributed by atoms with Crippen LogP contribution in [0.3, 0.4) is 0 Å². The van der Waals surface area contributed by atoms with Crippen LogP contribution in [0, 0.1) is 0 Å². The van der Waals surface area contributed by atoms with Crippen LogP contribution in [0.15, 0.2) is 47.7 Å². The van der Waals surface area contributed by atoms with Gasteiger partial charge in [0, 0.05) is 36.3 Å². The number of fused-ring (bicyclic) bond motifs is 1. The number of hydrogen-bond acceptors (Lipinski definition) is 4. The number of sulfonamides is 1. The number of nitrogens with zero attached hydrogens (tertiary/aromatic N) is 3. The molecule has 6 nitrogen and oxygen atoms in total. The molecule has 1 aliphatic heterocycles. The van der Waals surface area contributed by atoms with Crippen molar-refractivity contribution in [1.29, 1.82) is 0 Å². The minimum absolute atomic E-state index is 0.166. The zero-order chi connectivity index (χ0) is 15.3. The SMILES string of the molecule is CS(=O)(=O)N1CC(c2ncn3cc(-c4ccoc4)ccc23)C1. The summed E-state index contributed by atoms with van der Waals surface area (Å²) in [6.45, 7) is 1.02. The number of rotatable bonds is 3. The Kier molecular flexibility index (Phi) is 2.88. The van der Waals surface area contributed by atoms with Crippen LogP contribution < -0.4 is 0 Å². The van der Waals surface area contributed by atoms with E-state index >= 15 is 0 Å². The second-order valence-corrected chi connectivity index (χ2v) is 7.61. The summed E-state index contributed by atoms with van der Waals surface area (Å²) in [5.41, 5.74) is 4.05. The predicted octanol–water partition coefficient (Wildman–Crippen LogP) is 1.95. The van der Waals surface area contributed by atoms with Gasteiger partial charge in [-0.15, -0.1) is 0 Å². The van der Waals surface area contributed by atoms with Gasteiger partial charge in [0.1, 0.15) is 0 Å². The highest BCUT2D eigenvalue weighted by molar-refractivity contribution is 7.88. The zero-order valence-corrected chi connectivity index (χ0v) is 12.8. The number of imidazole rings is 1. The van der Waals surface area contributed by atoms with E-state index in [4.69, 9.17) is 4.42 Å². The molecular weight excluding hydrogens is 302 g/mol. The molecule has 0 unspecified atom stereocenters. The van der Waals surface area contributed by atoms with Gasteiger partial charge < -0.3 is 8.82 Å². The third-order valence-corrected chi connectivity index (χ3v) is 5.36. The first-order chi connectivity index (χ1) is 10.5. The molecule has 0 atom stereocenters. The number of aromatic nitrogens is 2. The van der Waals surface area contributed by atoms with E-state index in [1.807, 2.05) is 28.8 Å². The second-order valence-electron chi connectivity index (χ2n) is 5.63. The molecule has 0 aromatic carbocycles. The number of furan rings is 1. The smallest absolute Gasteiger partial charge is 0.211 e. The van der Waals surface area contributed by atoms with E-state index in [0.717, 1.165) is 22.3 Å². The first-order valence-corrected chi connectivity index (χ1v) is 8.81. The van der Waals surface area contributed by atoms with Crippen molar-refractivity contribution in [2.24, 2.45) is 0 Å². The largest absolute Gasteiger partial charge is 0.472 e. The van der Waals surface area contributed by atoms with Crippen LogP contribution in [0.1, 0.15) is 11.6 Å². The van der Waals surface area contributed by atoms with Crippen molar-refractivity contribution >= 4 is 15.5 Å². The molecule has 0 aliphatic carbocycles. The van der Waals surface area contributed by atoms with Gasteiger partial charge in [0.15, 0.2) is 0 Å². The maximum absolute atomic E-state index is 11.5. The predicted molar refractivity (Wildman–Crippen MR) is 82.1 cm³/mol. The van der Waals surface area contributed by atoms with Gasteiger partial charge >= 0.3 is 0 Å². The quantitative estimate of drug-likeness (QED) is 0.740. The standard InChI is InChI=1S/C15H15N3O3S/c1-22(19,20)18-7-13(8-18)15-14-3-2-11(6-17(14)10-16-15)12-4-5-21-9-12/h2-6,9-10,13H,7-8H2,1H3. The van der Waals surface area contributed by atoms with Crippen molar-refractivity contribution in [2.75, 3.05) is 19.3 Å². The summed E-state index contributed by atoms with van der Waals surface area (Å²) >= 11 is 0. The molecule has 7 heteroatoms. The third kappa shape index (κ3) is 2.13. The van der Waals surface area contributed by atoms with Crippen molar-refractivity contribution in [3.63, 3.8) is 0 Å². The Morgan fingerprint density at radius 1 is 1.23 bits per heavy atom. The number of pyridine rings is 1. The highest BCUT2D eigenvalue weighted by Crippen LogP contribution is 2.31. The maximum Gasteiger partial charge on any atom is 0.211 e. The molecule has 0 radical (unpaired) electrons. The van der Waals surface area contributed by atoms with E-state index in [1.165, 1.54) is 10.6 Å². The van der Waals surface area contributed by atoms with Gasteiger partial charge in [-0.25, -0.2) is 17.7 Å². The van der Waals surface area contributed by atoms with Crippen molar-refractivity contribution in [2.45, 2.75) is 5.92 Å². The Morgan fingerprint density at radius 2 is 2.05 bits per heavy atom. The molecular formula is C15H15N3O3S. The fourth-order valence-electron chi connectivity index (χ4n) is 2.82. The summed E-state index contributed by atoms with van der Waals surface area (Å²) in [5.74, 6) is 0.166. The minimum Gasteiger partial charge on any atom is -0.472 e. The Balaban J connectivity index is 1.65. The number of hydrogen-bond donors (Lipinski definition) is 0. The average molecular weight is 317 g/mol. The van der Waals surface area contributed by atoms with Crippen LogP contribution in [0.5, 0.6) is 0 Å². The van der Waals surface area contributed by atoms with Gasteiger partial charge in [0.2, 0.25) is 10.0 Å². The fourth-order valence-corrected chi connectivity index (χ4v) is 3.72. The van der Waals surface area contributed by atoms with Gasteiger partial charge in [-0.2, -0.15) is 0 Å². The molecule has 0 spiro atoms. The molecule has 114 valence electrons. The molecule has 3 aromatic rings. The van der Waals surface area contributed by atoms with Crippen molar-refractivity contribution in [3.05, 3.63) is 48.9 Å². The topological polar surface area (TPSA) is 67.8 Å². The van der Waals surface area contributed by atoms with E-state index in [0.29, 0.717) is 13.1 Å². The molecule has 0 bridgehead atoms. The lowest BCUT2D eigenvalue weighted by atomic mass is 9.98. The molecule has 1 aliphatic rings. The highest BCUT2D eigenvalue weighted by atomic mass is 32.2. The molecule has 0 amide bonds. The minimum atomic E-state index is -3.09. The van der Waals surface area contributed by atoms with Crippen molar-refractivity contribution < 1.29 is 12.8 Å². The molecule has 4 heterocycles. The van der Waals surface area contributed by atoms with Crippen LogP contribution in [-0.2, 0) is 10.0 Å². The molecule has 22 heavy (non-hydrogen) atoms. The molecule has 0 saturated carbocycles. The maximum atomic E-state index is 11.5. The lowest BCUT2D eigenvalue weighted by Crippen LogP contribution is -2.48. The molecule has 0 N–H and O–H groups in total. The highest BCUT2D eigenvalue weighted by Gasteiger charge is 2.36. The summed E-state index contributed by atoms with van der Waals surface area (Å²) < 4.78 is 31.5.